The van der Waals surface area contributed by atoms with Gasteiger partial charge in [-0.05, 0) is 30.7 Å². The lowest BCUT2D eigenvalue weighted by atomic mass is 10.1. The predicted octanol–water partition coefficient (Wildman–Crippen LogP) is 5.22. The van der Waals surface area contributed by atoms with Crippen LogP contribution >= 0.6 is 0 Å². The minimum Gasteiger partial charge on any atom is -0.355 e. The fourth-order valence-electron chi connectivity index (χ4n) is 3.36. The van der Waals surface area contributed by atoms with E-state index in [1.54, 1.807) is 6.07 Å². The lowest BCUT2D eigenvalue weighted by Crippen LogP contribution is -2.12. The quantitative estimate of drug-likeness (QED) is 0.454. The number of fused-ring (bicyclic) bond motifs is 1. The maximum atomic E-state index is 12.6. The average molecular weight is 394 g/mol. The highest BCUT2D eigenvalue weighted by molar-refractivity contribution is 6.03. The van der Waals surface area contributed by atoms with Gasteiger partial charge in [-0.1, -0.05) is 53.7 Å². The molecule has 3 heterocycles. The second-order valence-electron chi connectivity index (χ2n) is 7.03. The van der Waals surface area contributed by atoms with Crippen molar-refractivity contribution in [2.75, 3.05) is 5.32 Å². The standard InChI is InChI=1S/C24H18N4O2/c1-16-7-6-12-28-15-21(26-23(16)28)18-10-5-11-19(13-18)25-24(29)20-14-22(30-27-20)17-8-3-2-4-9-17/h2-15H,1H3,(H,25,29). The van der Waals surface area contributed by atoms with Crippen molar-refractivity contribution in [3.05, 3.63) is 96.4 Å². The second kappa shape index (κ2) is 7.33. The van der Waals surface area contributed by atoms with Gasteiger partial charge in [-0.25, -0.2) is 4.98 Å². The van der Waals surface area contributed by atoms with Gasteiger partial charge in [0.15, 0.2) is 11.5 Å². The number of pyridine rings is 1. The van der Waals surface area contributed by atoms with Gasteiger partial charge in [0.1, 0.15) is 5.65 Å². The van der Waals surface area contributed by atoms with E-state index in [1.165, 1.54) is 0 Å². The molecule has 30 heavy (non-hydrogen) atoms. The van der Waals surface area contributed by atoms with E-state index in [0.717, 1.165) is 28.0 Å². The SMILES string of the molecule is Cc1cccn2cc(-c3cccc(NC(=O)c4cc(-c5ccccc5)on4)c3)nc12. The van der Waals surface area contributed by atoms with Crippen LogP contribution in [0.2, 0.25) is 0 Å². The van der Waals surface area contributed by atoms with Crippen molar-refractivity contribution in [3.63, 3.8) is 0 Å². The van der Waals surface area contributed by atoms with Gasteiger partial charge in [-0.2, -0.15) is 0 Å². The fourth-order valence-corrected chi connectivity index (χ4v) is 3.36. The molecule has 0 fully saturated rings. The Morgan fingerprint density at radius 3 is 2.63 bits per heavy atom. The Kier molecular flexibility index (Phi) is 4.37. The molecule has 0 saturated heterocycles. The molecule has 1 N–H and O–H groups in total. The topological polar surface area (TPSA) is 72.4 Å². The average Bonchev–Trinajstić information content (AvgIpc) is 3.43. The Morgan fingerprint density at radius 2 is 1.80 bits per heavy atom. The normalized spacial score (nSPS) is 11.0. The van der Waals surface area contributed by atoms with Crippen LogP contribution in [-0.2, 0) is 0 Å². The van der Waals surface area contributed by atoms with E-state index in [2.05, 4.69) is 10.5 Å². The monoisotopic (exact) mass is 394 g/mol. The number of benzene rings is 2. The molecule has 6 heteroatoms. The maximum absolute atomic E-state index is 12.6. The van der Waals surface area contributed by atoms with Crippen molar-refractivity contribution in [1.29, 1.82) is 0 Å². The van der Waals surface area contributed by atoms with Crippen molar-refractivity contribution in [2.45, 2.75) is 6.92 Å². The summed E-state index contributed by atoms with van der Waals surface area (Å²) in [5.41, 5.74) is 5.53. The first-order chi connectivity index (χ1) is 14.7. The largest absolute Gasteiger partial charge is 0.355 e. The van der Waals surface area contributed by atoms with E-state index in [1.807, 2.05) is 90.4 Å². The summed E-state index contributed by atoms with van der Waals surface area (Å²) < 4.78 is 7.32. The van der Waals surface area contributed by atoms with Crippen molar-refractivity contribution in [1.82, 2.24) is 14.5 Å². The lowest BCUT2D eigenvalue weighted by Gasteiger charge is -2.04. The molecule has 5 rings (SSSR count). The Labute approximate surface area is 172 Å². The molecule has 6 nitrogen and oxygen atoms in total. The number of rotatable bonds is 4. The van der Waals surface area contributed by atoms with Crippen LogP contribution in [0.15, 0.2) is 89.7 Å². The Balaban J connectivity index is 1.39. The molecule has 0 aliphatic heterocycles. The van der Waals surface area contributed by atoms with Crippen molar-refractivity contribution in [3.8, 4) is 22.6 Å². The minimum absolute atomic E-state index is 0.225. The summed E-state index contributed by atoms with van der Waals surface area (Å²) in [6.45, 7) is 2.03. The molecule has 2 aromatic carbocycles. The number of hydrogen-bond donors (Lipinski definition) is 1. The number of nitrogens with one attached hydrogen (secondary N) is 1. The molecule has 1 amide bonds. The van der Waals surface area contributed by atoms with Gasteiger partial charge in [-0.3, -0.25) is 4.79 Å². The van der Waals surface area contributed by atoms with Crippen molar-refractivity contribution < 1.29 is 9.32 Å². The van der Waals surface area contributed by atoms with E-state index >= 15 is 0 Å². The maximum Gasteiger partial charge on any atom is 0.277 e. The number of carbonyl (C=O) groups excluding carboxylic acids is 1. The van der Waals surface area contributed by atoms with Crippen LogP contribution in [0.5, 0.6) is 0 Å². The molecular formula is C24H18N4O2. The van der Waals surface area contributed by atoms with Gasteiger partial charge in [-0.15, -0.1) is 0 Å². The number of anilines is 1. The molecular weight excluding hydrogens is 376 g/mol. The van der Waals surface area contributed by atoms with Gasteiger partial charge < -0.3 is 14.2 Å². The number of hydrogen-bond acceptors (Lipinski definition) is 4. The second-order valence-corrected chi connectivity index (χ2v) is 7.03. The lowest BCUT2D eigenvalue weighted by molar-refractivity contribution is 0.101. The van der Waals surface area contributed by atoms with E-state index in [9.17, 15) is 4.79 Å². The van der Waals surface area contributed by atoms with E-state index in [-0.39, 0.29) is 11.6 Å². The number of nitrogens with zero attached hydrogens (tertiary/aromatic N) is 3. The fraction of sp³-hybridized carbons (Fsp3) is 0.0417. The molecule has 0 saturated carbocycles. The first-order valence-corrected chi connectivity index (χ1v) is 9.56. The number of carbonyl (C=O) groups is 1. The van der Waals surface area contributed by atoms with E-state index < -0.39 is 0 Å². The highest BCUT2D eigenvalue weighted by atomic mass is 16.5. The van der Waals surface area contributed by atoms with Crippen LogP contribution in [0.3, 0.4) is 0 Å². The van der Waals surface area contributed by atoms with Gasteiger partial charge >= 0.3 is 0 Å². The molecule has 3 aromatic heterocycles. The Bertz CT molecular complexity index is 1350. The number of aryl methyl sites for hydroxylation is 1. The Morgan fingerprint density at radius 1 is 0.967 bits per heavy atom. The Hall–Kier alpha value is -4.19. The molecule has 0 atom stereocenters. The highest BCUT2D eigenvalue weighted by Crippen LogP contribution is 2.24. The third-order valence-corrected chi connectivity index (χ3v) is 4.90. The first-order valence-electron chi connectivity index (χ1n) is 9.56. The number of imidazole rings is 1. The number of amides is 1. The summed E-state index contributed by atoms with van der Waals surface area (Å²) >= 11 is 0. The van der Waals surface area contributed by atoms with Crippen LogP contribution in [0.25, 0.3) is 28.2 Å². The molecule has 0 unspecified atom stereocenters. The summed E-state index contributed by atoms with van der Waals surface area (Å²) in [6, 6.07) is 22.8. The van der Waals surface area contributed by atoms with Crippen LogP contribution < -0.4 is 5.32 Å². The summed E-state index contributed by atoms with van der Waals surface area (Å²) in [5, 5.41) is 6.79. The van der Waals surface area contributed by atoms with Crippen LogP contribution in [0, 0.1) is 6.92 Å². The first kappa shape index (κ1) is 17.9. The summed E-state index contributed by atoms with van der Waals surface area (Å²) in [5.74, 6) is 0.221. The smallest absolute Gasteiger partial charge is 0.277 e. The summed E-state index contributed by atoms with van der Waals surface area (Å²) in [4.78, 5) is 17.4. The third kappa shape index (κ3) is 3.35. The third-order valence-electron chi connectivity index (χ3n) is 4.90. The predicted molar refractivity (Wildman–Crippen MR) is 115 cm³/mol. The van der Waals surface area contributed by atoms with Gasteiger partial charge in [0.05, 0.1) is 5.69 Å². The molecule has 0 aliphatic carbocycles. The van der Waals surface area contributed by atoms with Crippen LogP contribution in [0.1, 0.15) is 16.1 Å². The van der Waals surface area contributed by atoms with Crippen LogP contribution in [-0.4, -0.2) is 20.4 Å². The molecule has 0 radical (unpaired) electrons. The number of aromatic nitrogens is 3. The zero-order valence-electron chi connectivity index (χ0n) is 16.2. The molecule has 0 bridgehead atoms. The van der Waals surface area contributed by atoms with E-state index in [4.69, 9.17) is 9.51 Å². The molecule has 146 valence electrons. The zero-order valence-corrected chi connectivity index (χ0v) is 16.2. The van der Waals surface area contributed by atoms with Gasteiger partial charge in [0, 0.05) is 35.3 Å². The summed E-state index contributed by atoms with van der Waals surface area (Å²) in [7, 11) is 0. The van der Waals surface area contributed by atoms with Gasteiger partial charge in [0.25, 0.3) is 5.91 Å². The van der Waals surface area contributed by atoms with E-state index in [0.29, 0.717) is 11.4 Å². The zero-order chi connectivity index (χ0) is 20.5. The molecule has 0 aliphatic rings. The minimum atomic E-state index is -0.330. The molecule has 5 aromatic rings. The molecule has 0 spiro atoms. The summed E-state index contributed by atoms with van der Waals surface area (Å²) in [6.07, 6.45) is 3.95. The van der Waals surface area contributed by atoms with Gasteiger partial charge in [0.2, 0.25) is 0 Å². The highest BCUT2D eigenvalue weighted by Gasteiger charge is 2.14. The van der Waals surface area contributed by atoms with Crippen molar-refractivity contribution >= 4 is 17.2 Å². The van der Waals surface area contributed by atoms with Crippen LogP contribution in [0.4, 0.5) is 5.69 Å². The van der Waals surface area contributed by atoms with Crippen molar-refractivity contribution in [2.24, 2.45) is 0 Å².